The number of nitrogens with one attached hydrogen (secondary N) is 1. The number of benzene rings is 2. The SMILES string of the molecule is CCCC/C(=N/NC(=O)CCc1ccccc1)c1ccccc1. The zero-order valence-electron chi connectivity index (χ0n) is 13.7. The van der Waals surface area contributed by atoms with E-state index in [1.54, 1.807) is 0 Å². The zero-order valence-corrected chi connectivity index (χ0v) is 13.7. The van der Waals surface area contributed by atoms with Gasteiger partial charge in [0.05, 0.1) is 5.71 Å². The van der Waals surface area contributed by atoms with Crippen molar-refractivity contribution < 1.29 is 4.79 Å². The summed E-state index contributed by atoms with van der Waals surface area (Å²) in [5, 5.41) is 4.36. The second-order valence-electron chi connectivity index (χ2n) is 5.55. The Morgan fingerprint density at radius 1 is 0.957 bits per heavy atom. The molecule has 0 saturated carbocycles. The molecule has 0 aromatic heterocycles. The summed E-state index contributed by atoms with van der Waals surface area (Å²) < 4.78 is 0. The molecule has 0 unspecified atom stereocenters. The number of aryl methyl sites for hydroxylation is 1. The fourth-order valence-electron chi connectivity index (χ4n) is 2.33. The molecule has 2 aromatic carbocycles. The van der Waals surface area contributed by atoms with E-state index in [1.165, 1.54) is 5.56 Å². The first-order chi connectivity index (χ1) is 11.3. The van der Waals surface area contributed by atoms with Gasteiger partial charge in [-0.15, -0.1) is 0 Å². The molecule has 0 fully saturated rings. The lowest BCUT2D eigenvalue weighted by Crippen LogP contribution is -2.20. The predicted octanol–water partition coefficient (Wildman–Crippen LogP) is 4.33. The number of rotatable bonds is 8. The van der Waals surface area contributed by atoms with Crippen LogP contribution in [0.1, 0.15) is 43.7 Å². The topological polar surface area (TPSA) is 41.5 Å². The van der Waals surface area contributed by atoms with Crippen LogP contribution in [0.5, 0.6) is 0 Å². The van der Waals surface area contributed by atoms with E-state index in [1.807, 2.05) is 60.7 Å². The molecule has 0 aliphatic heterocycles. The Hall–Kier alpha value is -2.42. The van der Waals surface area contributed by atoms with E-state index < -0.39 is 0 Å². The van der Waals surface area contributed by atoms with Crippen LogP contribution in [-0.2, 0) is 11.2 Å². The van der Waals surface area contributed by atoms with Gasteiger partial charge in [0.15, 0.2) is 0 Å². The second kappa shape index (κ2) is 9.57. The number of nitrogens with zero attached hydrogens (tertiary/aromatic N) is 1. The number of carbonyl (C=O) groups is 1. The summed E-state index contributed by atoms with van der Waals surface area (Å²) in [6, 6.07) is 20.1. The molecule has 23 heavy (non-hydrogen) atoms. The molecule has 2 aromatic rings. The van der Waals surface area contributed by atoms with E-state index in [-0.39, 0.29) is 5.91 Å². The molecular formula is C20H24N2O. The number of hydrazone groups is 1. The molecule has 0 atom stereocenters. The molecule has 0 heterocycles. The zero-order chi connectivity index (χ0) is 16.3. The van der Waals surface area contributed by atoms with Crippen molar-refractivity contribution in [1.29, 1.82) is 0 Å². The van der Waals surface area contributed by atoms with E-state index in [0.717, 1.165) is 37.0 Å². The first-order valence-electron chi connectivity index (χ1n) is 8.24. The van der Waals surface area contributed by atoms with Crippen LogP contribution in [0.3, 0.4) is 0 Å². The fraction of sp³-hybridized carbons (Fsp3) is 0.300. The van der Waals surface area contributed by atoms with Crippen LogP contribution < -0.4 is 5.43 Å². The summed E-state index contributed by atoms with van der Waals surface area (Å²) in [6.45, 7) is 2.15. The third kappa shape index (κ3) is 6.07. The molecule has 1 N–H and O–H groups in total. The van der Waals surface area contributed by atoms with Crippen LogP contribution in [0.2, 0.25) is 0 Å². The molecule has 2 rings (SSSR count). The highest BCUT2D eigenvalue weighted by molar-refractivity contribution is 6.01. The fourth-order valence-corrected chi connectivity index (χ4v) is 2.33. The third-order valence-corrected chi connectivity index (χ3v) is 3.67. The van der Waals surface area contributed by atoms with Gasteiger partial charge in [-0.3, -0.25) is 4.79 Å². The molecule has 0 bridgehead atoms. The van der Waals surface area contributed by atoms with E-state index in [9.17, 15) is 4.79 Å². The first-order valence-corrected chi connectivity index (χ1v) is 8.24. The van der Waals surface area contributed by atoms with Gasteiger partial charge in [0.1, 0.15) is 0 Å². The van der Waals surface area contributed by atoms with Crippen molar-refractivity contribution in [3.63, 3.8) is 0 Å². The van der Waals surface area contributed by atoms with Crippen molar-refractivity contribution in [1.82, 2.24) is 5.43 Å². The summed E-state index contributed by atoms with van der Waals surface area (Å²) in [6.07, 6.45) is 4.22. The van der Waals surface area contributed by atoms with Gasteiger partial charge in [-0.25, -0.2) is 5.43 Å². The van der Waals surface area contributed by atoms with E-state index in [2.05, 4.69) is 17.5 Å². The molecule has 3 heteroatoms. The summed E-state index contributed by atoms with van der Waals surface area (Å²) in [4.78, 5) is 12.0. The van der Waals surface area contributed by atoms with Crippen LogP contribution >= 0.6 is 0 Å². The molecule has 0 aliphatic carbocycles. The highest BCUT2D eigenvalue weighted by Crippen LogP contribution is 2.08. The predicted molar refractivity (Wildman–Crippen MR) is 95.4 cm³/mol. The number of hydrogen-bond donors (Lipinski definition) is 1. The Morgan fingerprint density at radius 3 is 2.26 bits per heavy atom. The van der Waals surface area contributed by atoms with Gasteiger partial charge in [-0.2, -0.15) is 5.10 Å². The molecule has 0 radical (unpaired) electrons. The van der Waals surface area contributed by atoms with Gasteiger partial charge in [-0.05, 0) is 30.4 Å². The number of carbonyl (C=O) groups excluding carboxylic acids is 1. The Labute approximate surface area is 138 Å². The van der Waals surface area contributed by atoms with Gasteiger partial charge in [0, 0.05) is 6.42 Å². The molecular weight excluding hydrogens is 284 g/mol. The Kier molecular flexibility index (Phi) is 7.05. The summed E-state index contributed by atoms with van der Waals surface area (Å²) in [7, 11) is 0. The standard InChI is InChI=1S/C20H24N2O/c1-2-3-14-19(18-12-8-5-9-13-18)21-22-20(23)16-15-17-10-6-4-7-11-17/h4-13H,2-3,14-16H2,1H3,(H,22,23)/b21-19-. The maximum absolute atomic E-state index is 12.0. The van der Waals surface area contributed by atoms with Crippen molar-refractivity contribution in [2.45, 2.75) is 39.0 Å². The van der Waals surface area contributed by atoms with E-state index >= 15 is 0 Å². The minimum absolute atomic E-state index is 0.0428. The smallest absolute Gasteiger partial charge is 0.240 e. The van der Waals surface area contributed by atoms with Crippen molar-refractivity contribution in [3.05, 3.63) is 71.8 Å². The van der Waals surface area contributed by atoms with Crippen LogP contribution in [-0.4, -0.2) is 11.6 Å². The van der Waals surface area contributed by atoms with Gasteiger partial charge in [-0.1, -0.05) is 74.0 Å². The highest BCUT2D eigenvalue weighted by Gasteiger charge is 2.05. The number of hydrogen-bond acceptors (Lipinski definition) is 2. The third-order valence-electron chi connectivity index (χ3n) is 3.67. The Morgan fingerprint density at radius 2 is 1.61 bits per heavy atom. The quantitative estimate of drug-likeness (QED) is 0.572. The van der Waals surface area contributed by atoms with Crippen LogP contribution in [0.25, 0.3) is 0 Å². The minimum atomic E-state index is -0.0428. The maximum atomic E-state index is 12.0. The average molecular weight is 308 g/mol. The Balaban J connectivity index is 1.92. The molecule has 0 saturated heterocycles. The van der Waals surface area contributed by atoms with Crippen molar-refractivity contribution in [2.24, 2.45) is 5.10 Å². The van der Waals surface area contributed by atoms with Gasteiger partial charge < -0.3 is 0 Å². The molecule has 120 valence electrons. The monoisotopic (exact) mass is 308 g/mol. The minimum Gasteiger partial charge on any atom is -0.273 e. The van der Waals surface area contributed by atoms with E-state index in [0.29, 0.717) is 6.42 Å². The van der Waals surface area contributed by atoms with Crippen LogP contribution in [0.15, 0.2) is 65.8 Å². The normalized spacial score (nSPS) is 11.3. The van der Waals surface area contributed by atoms with Crippen molar-refractivity contribution in [2.75, 3.05) is 0 Å². The van der Waals surface area contributed by atoms with E-state index in [4.69, 9.17) is 0 Å². The molecule has 1 amide bonds. The lowest BCUT2D eigenvalue weighted by atomic mass is 10.1. The maximum Gasteiger partial charge on any atom is 0.240 e. The van der Waals surface area contributed by atoms with Gasteiger partial charge >= 0.3 is 0 Å². The van der Waals surface area contributed by atoms with Crippen LogP contribution in [0.4, 0.5) is 0 Å². The largest absolute Gasteiger partial charge is 0.273 e. The second-order valence-corrected chi connectivity index (χ2v) is 5.55. The average Bonchev–Trinajstić information content (AvgIpc) is 2.61. The van der Waals surface area contributed by atoms with Gasteiger partial charge in [0.2, 0.25) is 5.91 Å². The Bertz CT molecular complexity index is 621. The van der Waals surface area contributed by atoms with Crippen molar-refractivity contribution >= 4 is 11.6 Å². The van der Waals surface area contributed by atoms with Crippen LogP contribution in [0, 0.1) is 0 Å². The molecule has 0 spiro atoms. The first kappa shape index (κ1) is 16.9. The number of amides is 1. The molecule has 3 nitrogen and oxygen atoms in total. The lowest BCUT2D eigenvalue weighted by molar-refractivity contribution is -0.121. The van der Waals surface area contributed by atoms with Crippen molar-refractivity contribution in [3.8, 4) is 0 Å². The molecule has 0 aliphatic rings. The summed E-state index contributed by atoms with van der Waals surface area (Å²) >= 11 is 0. The summed E-state index contributed by atoms with van der Waals surface area (Å²) in [5.41, 5.74) is 5.90. The van der Waals surface area contributed by atoms with Gasteiger partial charge in [0.25, 0.3) is 0 Å². The summed E-state index contributed by atoms with van der Waals surface area (Å²) in [5.74, 6) is -0.0428. The lowest BCUT2D eigenvalue weighted by Gasteiger charge is -2.07. The highest BCUT2D eigenvalue weighted by atomic mass is 16.2. The number of unbranched alkanes of at least 4 members (excludes halogenated alkanes) is 1.